The molecule has 0 saturated heterocycles. The van der Waals surface area contributed by atoms with Crippen LogP contribution >= 0.6 is 0 Å². The maximum atomic E-state index is 12.7. The van der Waals surface area contributed by atoms with E-state index < -0.39 is 0 Å². The monoisotopic (exact) mass is 336 g/mol. The topological polar surface area (TPSA) is 59.3 Å². The molecule has 0 bridgehead atoms. The summed E-state index contributed by atoms with van der Waals surface area (Å²) in [6, 6.07) is 9.73. The predicted octanol–water partition coefficient (Wildman–Crippen LogP) is 4.15. The van der Waals surface area contributed by atoms with Gasteiger partial charge in [0.25, 0.3) is 5.91 Å². The predicted molar refractivity (Wildman–Crippen MR) is 100 cm³/mol. The van der Waals surface area contributed by atoms with Gasteiger partial charge in [0.2, 0.25) is 0 Å². The van der Waals surface area contributed by atoms with Gasteiger partial charge in [0.1, 0.15) is 0 Å². The zero-order chi connectivity index (χ0) is 18.2. The van der Waals surface area contributed by atoms with Crippen LogP contribution in [-0.2, 0) is 11.8 Å². The van der Waals surface area contributed by atoms with E-state index in [2.05, 4.69) is 31.1 Å². The normalized spacial score (nSPS) is 11.7. The number of anilines is 1. The quantitative estimate of drug-likeness (QED) is 0.781. The Hall–Kier alpha value is -2.69. The summed E-state index contributed by atoms with van der Waals surface area (Å²) in [5.74, 6) is -0.164. The molecule has 5 nitrogen and oxygen atoms in total. The average molecular weight is 336 g/mol. The lowest BCUT2D eigenvalue weighted by Gasteiger charge is -2.14. The van der Waals surface area contributed by atoms with Gasteiger partial charge in [-0.25, -0.2) is 9.50 Å². The van der Waals surface area contributed by atoms with Gasteiger partial charge in [-0.1, -0.05) is 45.4 Å². The molecule has 1 aromatic carbocycles. The lowest BCUT2D eigenvalue weighted by molar-refractivity contribution is 0.102. The second-order valence-corrected chi connectivity index (χ2v) is 7.34. The molecule has 3 rings (SSSR count). The number of amides is 1. The summed E-state index contributed by atoms with van der Waals surface area (Å²) in [5, 5.41) is 7.63. The van der Waals surface area contributed by atoms with Crippen LogP contribution in [0.5, 0.6) is 0 Å². The van der Waals surface area contributed by atoms with Crippen molar-refractivity contribution in [3.05, 3.63) is 59.0 Å². The molecule has 2 heterocycles. The fourth-order valence-electron chi connectivity index (χ4n) is 2.71. The molecule has 0 aliphatic heterocycles. The third-order valence-corrected chi connectivity index (χ3v) is 4.24. The van der Waals surface area contributed by atoms with Crippen molar-refractivity contribution in [3.8, 4) is 0 Å². The number of hydrogen-bond acceptors (Lipinski definition) is 3. The number of nitrogens with one attached hydrogen (secondary N) is 1. The number of hydrogen-bond donors (Lipinski definition) is 1. The van der Waals surface area contributed by atoms with Crippen LogP contribution in [0.2, 0.25) is 0 Å². The summed E-state index contributed by atoms with van der Waals surface area (Å²) < 4.78 is 1.80. The number of carbonyl (C=O) groups excluding carboxylic acids is 1. The highest BCUT2D eigenvalue weighted by Gasteiger charge is 2.21. The Morgan fingerprint density at radius 3 is 2.48 bits per heavy atom. The lowest BCUT2D eigenvalue weighted by Crippen LogP contribution is -2.18. The number of aryl methyl sites for hydroxylation is 2. The minimum atomic E-state index is -0.164. The highest BCUT2D eigenvalue weighted by atomic mass is 16.1. The van der Waals surface area contributed by atoms with Gasteiger partial charge < -0.3 is 5.32 Å². The molecule has 0 aliphatic carbocycles. The first-order valence-electron chi connectivity index (χ1n) is 8.55. The van der Waals surface area contributed by atoms with Crippen molar-refractivity contribution in [2.24, 2.45) is 0 Å². The Bertz CT molecular complexity index is 917. The highest BCUT2D eigenvalue weighted by Crippen LogP contribution is 2.23. The molecule has 0 saturated carbocycles. The number of aromatic nitrogens is 3. The Kier molecular flexibility index (Phi) is 4.33. The maximum absolute atomic E-state index is 12.7. The Morgan fingerprint density at radius 2 is 1.88 bits per heavy atom. The van der Waals surface area contributed by atoms with Crippen LogP contribution in [0.15, 0.2) is 36.5 Å². The van der Waals surface area contributed by atoms with Crippen LogP contribution in [0.1, 0.15) is 55.0 Å². The van der Waals surface area contributed by atoms with Gasteiger partial charge in [0.15, 0.2) is 5.65 Å². The molecule has 0 unspecified atom stereocenters. The molecule has 0 spiro atoms. The molecule has 25 heavy (non-hydrogen) atoms. The molecular weight excluding hydrogens is 312 g/mol. The molecule has 5 heteroatoms. The minimum Gasteiger partial charge on any atom is -0.322 e. The largest absolute Gasteiger partial charge is 0.322 e. The van der Waals surface area contributed by atoms with Gasteiger partial charge in [0.05, 0.1) is 17.0 Å². The number of carbonyl (C=O) groups is 1. The van der Waals surface area contributed by atoms with Gasteiger partial charge in [-0.05, 0) is 25.5 Å². The van der Waals surface area contributed by atoms with Crippen LogP contribution < -0.4 is 5.32 Å². The van der Waals surface area contributed by atoms with E-state index in [4.69, 9.17) is 5.10 Å². The van der Waals surface area contributed by atoms with E-state index >= 15 is 0 Å². The summed E-state index contributed by atoms with van der Waals surface area (Å²) in [5.41, 5.74) is 5.02. The molecule has 1 amide bonds. The molecular formula is C20H24N4O. The number of fused-ring (bicyclic) bond motifs is 1. The van der Waals surface area contributed by atoms with Crippen LogP contribution in [0.25, 0.3) is 5.65 Å². The van der Waals surface area contributed by atoms with E-state index in [9.17, 15) is 4.79 Å². The fourth-order valence-corrected chi connectivity index (χ4v) is 2.71. The summed E-state index contributed by atoms with van der Waals surface area (Å²) in [6.45, 7) is 10.4. The molecule has 0 fully saturated rings. The van der Waals surface area contributed by atoms with Gasteiger partial charge >= 0.3 is 0 Å². The maximum Gasteiger partial charge on any atom is 0.259 e. The zero-order valence-electron chi connectivity index (χ0n) is 15.4. The van der Waals surface area contributed by atoms with Crippen molar-refractivity contribution in [1.29, 1.82) is 0 Å². The van der Waals surface area contributed by atoms with Gasteiger partial charge in [-0.15, -0.1) is 0 Å². The molecule has 3 aromatic rings. The second kappa shape index (κ2) is 6.31. The number of benzene rings is 1. The van der Waals surface area contributed by atoms with Crippen molar-refractivity contribution < 1.29 is 4.79 Å². The van der Waals surface area contributed by atoms with Crippen LogP contribution in [-0.4, -0.2) is 20.5 Å². The van der Waals surface area contributed by atoms with Crippen molar-refractivity contribution in [2.75, 3.05) is 5.32 Å². The smallest absolute Gasteiger partial charge is 0.259 e. The van der Waals surface area contributed by atoms with E-state index in [0.29, 0.717) is 12.0 Å². The minimum absolute atomic E-state index is 0.0664. The van der Waals surface area contributed by atoms with Crippen molar-refractivity contribution in [2.45, 2.75) is 46.5 Å². The third kappa shape index (κ3) is 3.40. The van der Waals surface area contributed by atoms with E-state index in [1.807, 2.05) is 44.2 Å². The lowest BCUT2D eigenvalue weighted by atomic mass is 9.93. The van der Waals surface area contributed by atoms with Crippen LogP contribution in [0.3, 0.4) is 0 Å². The summed E-state index contributed by atoms with van der Waals surface area (Å²) in [6.07, 6.45) is 2.34. The first-order chi connectivity index (χ1) is 11.8. The van der Waals surface area contributed by atoms with Crippen LogP contribution in [0, 0.1) is 6.92 Å². The molecule has 130 valence electrons. The number of nitrogens with zero attached hydrogens (tertiary/aromatic N) is 3. The van der Waals surface area contributed by atoms with Gasteiger partial charge in [-0.2, -0.15) is 5.10 Å². The molecule has 2 aromatic heterocycles. The second-order valence-electron chi connectivity index (χ2n) is 7.34. The zero-order valence-corrected chi connectivity index (χ0v) is 15.4. The van der Waals surface area contributed by atoms with Crippen molar-refractivity contribution in [3.63, 3.8) is 0 Å². The van der Waals surface area contributed by atoms with Gasteiger partial charge in [-0.3, -0.25) is 4.79 Å². The fraction of sp³-hybridized carbons (Fsp3) is 0.350. The Labute approximate surface area is 148 Å². The van der Waals surface area contributed by atoms with E-state index in [-0.39, 0.29) is 11.3 Å². The van der Waals surface area contributed by atoms with E-state index in [1.165, 1.54) is 0 Å². The standard InChI is InChI=1S/C20H24N4O/c1-6-16-15(19(25)22-14-9-7-13(2)8-10-14)12-21-18-11-17(20(3,4)5)23-24(16)18/h7-12H,6H2,1-5H3,(H,22,25). The third-order valence-electron chi connectivity index (χ3n) is 4.24. The van der Waals surface area contributed by atoms with Crippen LogP contribution in [0.4, 0.5) is 5.69 Å². The Morgan fingerprint density at radius 1 is 1.20 bits per heavy atom. The first-order valence-corrected chi connectivity index (χ1v) is 8.55. The van der Waals surface area contributed by atoms with E-state index in [1.54, 1.807) is 10.7 Å². The first kappa shape index (κ1) is 17.1. The van der Waals surface area contributed by atoms with Gasteiger partial charge in [0, 0.05) is 23.4 Å². The van der Waals surface area contributed by atoms with Crippen molar-refractivity contribution in [1.82, 2.24) is 14.6 Å². The highest BCUT2D eigenvalue weighted by molar-refractivity contribution is 6.05. The van der Waals surface area contributed by atoms with E-state index in [0.717, 1.165) is 28.3 Å². The van der Waals surface area contributed by atoms with Crippen molar-refractivity contribution >= 4 is 17.2 Å². The number of rotatable bonds is 3. The molecule has 1 N–H and O–H groups in total. The summed E-state index contributed by atoms with van der Waals surface area (Å²) in [4.78, 5) is 17.2. The summed E-state index contributed by atoms with van der Waals surface area (Å²) in [7, 11) is 0. The average Bonchev–Trinajstić information content (AvgIpc) is 3.00. The Balaban J connectivity index is 2.00. The molecule has 0 atom stereocenters. The SMILES string of the molecule is CCc1c(C(=O)Nc2ccc(C)cc2)cnc2cc(C(C)(C)C)nn12. The summed E-state index contributed by atoms with van der Waals surface area (Å²) >= 11 is 0. The molecule has 0 aliphatic rings. The molecule has 0 radical (unpaired) electrons.